The first-order valence-corrected chi connectivity index (χ1v) is 16.7. The van der Waals surface area contributed by atoms with Crippen molar-refractivity contribution in [2.24, 2.45) is 0 Å². The van der Waals surface area contributed by atoms with Crippen molar-refractivity contribution in [2.75, 3.05) is 20.3 Å². The average Bonchev–Trinajstić information content (AvgIpc) is 3.50. The average molecular weight is 711 g/mol. The number of aliphatic hydroxyl groups excluding tert-OH is 7. The minimum atomic E-state index is -1.79. The molecule has 0 unspecified atom stereocenters. The maximum atomic E-state index is 12.5. The lowest BCUT2D eigenvalue weighted by Gasteiger charge is -2.46. The summed E-state index contributed by atoms with van der Waals surface area (Å²) in [5, 5.41) is 81.6. The number of amides is 1. The SMILES string of the molecule is CNC(=O)c1ccccc1Sc1ccc2c(/C=C/c3ccccn3)nn([C@@H]3O[C@H](CO)[C@@H](O[C@@H]4O[C@H](CO)[C@H](O)[C@H](O)[C@H]4O)[C@H](O)[C@H]3O)c2c1. The molecule has 15 nitrogen and oxygen atoms in total. The van der Waals surface area contributed by atoms with Crippen molar-refractivity contribution in [3.05, 3.63) is 83.8 Å². The number of carbonyl (C=O) groups excluding carboxylic acids is 1. The molecule has 0 aliphatic carbocycles. The number of nitrogens with one attached hydrogen (secondary N) is 1. The van der Waals surface area contributed by atoms with E-state index in [4.69, 9.17) is 19.3 Å². The van der Waals surface area contributed by atoms with E-state index in [1.807, 2.05) is 36.4 Å². The molecular formula is C34H38N4O11S. The third-order valence-corrected chi connectivity index (χ3v) is 9.68. The molecule has 2 saturated heterocycles. The highest BCUT2D eigenvalue weighted by atomic mass is 32.2. The van der Waals surface area contributed by atoms with Crippen LogP contribution in [0.2, 0.25) is 0 Å². The number of carbonyl (C=O) groups is 1. The fourth-order valence-electron chi connectivity index (χ4n) is 5.94. The molecule has 6 rings (SSSR count). The van der Waals surface area contributed by atoms with E-state index in [9.17, 15) is 40.5 Å². The lowest BCUT2D eigenvalue weighted by atomic mass is 9.96. The lowest BCUT2D eigenvalue weighted by Crippen LogP contribution is -2.63. The number of ether oxygens (including phenoxy) is 3. The van der Waals surface area contributed by atoms with Gasteiger partial charge in [-0.3, -0.25) is 9.78 Å². The Morgan fingerprint density at radius 1 is 0.900 bits per heavy atom. The van der Waals surface area contributed by atoms with Gasteiger partial charge in [0.15, 0.2) is 12.5 Å². The van der Waals surface area contributed by atoms with E-state index >= 15 is 0 Å². The summed E-state index contributed by atoms with van der Waals surface area (Å²) in [6.45, 7) is -1.41. The van der Waals surface area contributed by atoms with Crippen LogP contribution in [0.15, 0.2) is 76.7 Å². The second kappa shape index (κ2) is 15.6. The van der Waals surface area contributed by atoms with E-state index in [1.54, 1.807) is 49.7 Å². The van der Waals surface area contributed by atoms with Crippen LogP contribution in [-0.4, -0.2) is 132 Å². The summed E-state index contributed by atoms with van der Waals surface area (Å²) in [6, 6.07) is 18.1. The van der Waals surface area contributed by atoms with E-state index in [1.165, 1.54) is 16.4 Å². The second-order valence-corrected chi connectivity index (χ2v) is 12.9. The summed E-state index contributed by atoms with van der Waals surface area (Å²) >= 11 is 1.34. The first-order chi connectivity index (χ1) is 24.1. The largest absolute Gasteiger partial charge is 0.394 e. The Labute approximate surface area is 290 Å². The summed E-state index contributed by atoms with van der Waals surface area (Å²) in [6.07, 6.45) is -10.5. The smallest absolute Gasteiger partial charge is 0.252 e. The summed E-state index contributed by atoms with van der Waals surface area (Å²) in [4.78, 5) is 18.3. The van der Waals surface area contributed by atoms with Crippen LogP contribution in [0.4, 0.5) is 0 Å². The van der Waals surface area contributed by atoms with Crippen LogP contribution in [-0.2, 0) is 14.2 Å². The molecule has 2 fully saturated rings. The van der Waals surface area contributed by atoms with Gasteiger partial charge in [-0.1, -0.05) is 30.0 Å². The molecule has 10 atom stereocenters. The molecule has 2 aromatic carbocycles. The number of nitrogens with zero attached hydrogens (tertiary/aromatic N) is 3. The highest BCUT2D eigenvalue weighted by Crippen LogP contribution is 2.38. The fourth-order valence-corrected chi connectivity index (χ4v) is 6.92. The van der Waals surface area contributed by atoms with Gasteiger partial charge in [0.2, 0.25) is 0 Å². The van der Waals surface area contributed by atoms with Crippen molar-refractivity contribution in [1.82, 2.24) is 20.1 Å². The Kier molecular flexibility index (Phi) is 11.3. The molecule has 2 aliphatic rings. The van der Waals surface area contributed by atoms with E-state index in [0.29, 0.717) is 32.7 Å². The van der Waals surface area contributed by atoms with Crippen molar-refractivity contribution >= 4 is 40.7 Å². The van der Waals surface area contributed by atoms with Crippen molar-refractivity contribution in [3.63, 3.8) is 0 Å². The number of pyridine rings is 1. The molecule has 2 aliphatic heterocycles. The second-order valence-electron chi connectivity index (χ2n) is 11.8. The molecular weight excluding hydrogens is 672 g/mol. The topological polar surface area (TPSA) is 229 Å². The molecule has 0 spiro atoms. The molecule has 1 amide bonds. The standard InChI is InChI=1S/C34H38N4O11S/c1-35-32(46)20-7-2-3-8-25(20)50-18-10-11-19-21(12-9-17-6-4-5-13-36-17)37-38(22(19)14-18)33-29(44)28(43)31(24(16-40)47-33)49-34-30(45)27(42)26(41)23(15-39)48-34/h2-14,23-24,26-31,33-34,39-45H,15-16H2,1H3,(H,35,46)/b12-9+/t23-,24-,26+,27+,28-,29-,30-,31-,33-,34+/m1/s1. The van der Waals surface area contributed by atoms with Crippen LogP contribution in [0.3, 0.4) is 0 Å². The zero-order valence-corrected chi connectivity index (χ0v) is 27.5. The van der Waals surface area contributed by atoms with E-state index in [-0.39, 0.29) is 5.91 Å². The van der Waals surface area contributed by atoms with Crippen molar-refractivity contribution in [1.29, 1.82) is 0 Å². The molecule has 2 aromatic heterocycles. The van der Waals surface area contributed by atoms with Crippen LogP contribution in [0.1, 0.15) is 28.0 Å². The minimum Gasteiger partial charge on any atom is -0.394 e. The molecule has 4 aromatic rings. The van der Waals surface area contributed by atoms with Gasteiger partial charge >= 0.3 is 0 Å². The molecule has 16 heteroatoms. The van der Waals surface area contributed by atoms with Crippen LogP contribution < -0.4 is 5.32 Å². The van der Waals surface area contributed by atoms with Gasteiger partial charge in [-0.15, -0.1) is 0 Å². The molecule has 4 heterocycles. The van der Waals surface area contributed by atoms with E-state index < -0.39 is 74.6 Å². The number of benzene rings is 2. The Bertz CT molecular complexity index is 1810. The first-order valence-electron chi connectivity index (χ1n) is 15.8. The lowest BCUT2D eigenvalue weighted by molar-refractivity contribution is -0.347. The van der Waals surface area contributed by atoms with E-state index in [2.05, 4.69) is 10.3 Å². The molecule has 266 valence electrons. The summed E-state index contributed by atoms with van der Waals surface area (Å²) in [5.74, 6) is -0.246. The fraction of sp³-hybridized carbons (Fsp3) is 0.382. The van der Waals surface area contributed by atoms with Gasteiger partial charge < -0.3 is 55.3 Å². The summed E-state index contributed by atoms with van der Waals surface area (Å²) < 4.78 is 18.7. The summed E-state index contributed by atoms with van der Waals surface area (Å²) in [5.41, 5.74) is 2.14. The number of hydrogen-bond donors (Lipinski definition) is 8. The maximum Gasteiger partial charge on any atom is 0.252 e. The predicted molar refractivity (Wildman–Crippen MR) is 179 cm³/mol. The number of hydrogen-bond acceptors (Lipinski definition) is 14. The van der Waals surface area contributed by atoms with Gasteiger partial charge in [0, 0.05) is 28.4 Å². The van der Waals surface area contributed by atoms with Crippen molar-refractivity contribution in [2.45, 2.75) is 71.1 Å². The van der Waals surface area contributed by atoms with Gasteiger partial charge in [0.05, 0.1) is 35.7 Å². The van der Waals surface area contributed by atoms with Gasteiger partial charge in [0.1, 0.15) is 48.8 Å². The van der Waals surface area contributed by atoms with Crippen LogP contribution in [0.25, 0.3) is 23.1 Å². The number of rotatable bonds is 10. The Balaban J connectivity index is 1.35. The van der Waals surface area contributed by atoms with E-state index in [0.717, 1.165) is 4.90 Å². The predicted octanol–water partition coefficient (Wildman–Crippen LogP) is -0.0909. The summed E-state index contributed by atoms with van der Waals surface area (Å²) in [7, 11) is 1.55. The van der Waals surface area contributed by atoms with Crippen LogP contribution >= 0.6 is 11.8 Å². The Hall–Kier alpha value is -3.78. The van der Waals surface area contributed by atoms with Gasteiger partial charge in [-0.2, -0.15) is 5.10 Å². The highest BCUT2D eigenvalue weighted by molar-refractivity contribution is 7.99. The van der Waals surface area contributed by atoms with Crippen LogP contribution in [0, 0.1) is 0 Å². The zero-order valence-electron chi connectivity index (χ0n) is 26.7. The molecule has 8 N–H and O–H groups in total. The van der Waals surface area contributed by atoms with Crippen molar-refractivity contribution < 1.29 is 54.8 Å². The molecule has 0 radical (unpaired) electrons. The monoisotopic (exact) mass is 710 g/mol. The van der Waals surface area contributed by atoms with Gasteiger partial charge in [0.25, 0.3) is 5.91 Å². The third kappa shape index (κ3) is 7.19. The van der Waals surface area contributed by atoms with Crippen molar-refractivity contribution in [3.8, 4) is 0 Å². The highest BCUT2D eigenvalue weighted by Gasteiger charge is 2.51. The third-order valence-electron chi connectivity index (χ3n) is 8.61. The molecule has 50 heavy (non-hydrogen) atoms. The van der Waals surface area contributed by atoms with Gasteiger partial charge in [-0.25, -0.2) is 4.68 Å². The number of aromatic nitrogens is 3. The maximum absolute atomic E-state index is 12.5. The normalized spacial score (nSPS) is 30.2. The quantitative estimate of drug-likeness (QED) is 0.108. The van der Waals surface area contributed by atoms with Crippen LogP contribution in [0.5, 0.6) is 0 Å². The first kappa shape index (κ1) is 36.0. The Morgan fingerprint density at radius 2 is 1.66 bits per heavy atom. The number of fused-ring (bicyclic) bond motifs is 1. The number of aliphatic hydroxyl groups is 7. The van der Waals surface area contributed by atoms with Gasteiger partial charge in [-0.05, 0) is 54.6 Å². The zero-order chi connectivity index (χ0) is 35.5. The Morgan fingerprint density at radius 3 is 2.38 bits per heavy atom. The minimum absolute atomic E-state index is 0.246. The molecule has 0 bridgehead atoms. The molecule has 0 saturated carbocycles.